The van der Waals surface area contributed by atoms with Crippen LogP contribution in [0.2, 0.25) is 0 Å². The van der Waals surface area contributed by atoms with Gasteiger partial charge in [-0.15, -0.1) is 0 Å². The molecule has 2 unspecified atom stereocenters. The summed E-state index contributed by atoms with van der Waals surface area (Å²) in [6, 6.07) is 12.6. The van der Waals surface area contributed by atoms with Crippen LogP contribution in [-0.4, -0.2) is 37.0 Å². The number of halogens is 1. The van der Waals surface area contributed by atoms with Gasteiger partial charge < -0.3 is 9.80 Å². The van der Waals surface area contributed by atoms with Crippen LogP contribution in [0.25, 0.3) is 0 Å². The molecule has 2 aromatic carbocycles. The van der Waals surface area contributed by atoms with Crippen LogP contribution in [0.1, 0.15) is 33.8 Å². The van der Waals surface area contributed by atoms with Crippen molar-refractivity contribution in [3.05, 3.63) is 65.0 Å². The van der Waals surface area contributed by atoms with Crippen molar-refractivity contribution in [2.45, 2.75) is 25.3 Å². The second-order valence-electron chi connectivity index (χ2n) is 6.94. The number of carbonyl (C=O) groups is 1. The molecule has 1 saturated heterocycles. The van der Waals surface area contributed by atoms with E-state index in [0.717, 1.165) is 25.2 Å². The molecule has 0 N–H and O–H groups in total. The Morgan fingerprint density at radius 1 is 1.21 bits per heavy atom. The number of aryl methyl sites for hydroxylation is 1. The molecule has 4 rings (SSSR count). The zero-order chi connectivity index (χ0) is 16.8. The van der Waals surface area contributed by atoms with Crippen LogP contribution >= 0.6 is 0 Å². The number of anilines is 1. The number of piperidine rings is 1. The molecular formula is C20H21FN2O. The highest BCUT2D eigenvalue weighted by Crippen LogP contribution is 2.45. The van der Waals surface area contributed by atoms with Crippen molar-refractivity contribution >= 4 is 11.6 Å². The van der Waals surface area contributed by atoms with Gasteiger partial charge in [0, 0.05) is 24.2 Å². The van der Waals surface area contributed by atoms with Gasteiger partial charge in [-0.1, -0.05) is 29.8 Å². The number of hydrogen-bond acceptors (Lipinski definition) is 2. The number of carbonyl (C=O) groups excluding carboxylic acids is 1. The number of hydrogen-bond donors (Lipinski definition) is 0. The highest BCUT2D eigenvalue weighted by atomic mass is 19.1. The third-order valence-corrected chi connectivity index (χ3v) is 5.28. The number of amides is 1. The fourth-order valence-electron chi connectivity index (χ4n) is 4.11. The monoisotopic (exact) mass is 324 g/mol. The lowest BCUT2D eigenvalue weighted by Crippen LogP contribution is -2.47. The molecule has 2 aliphatic heterocycles. The Hall–Kier alpha value is -2.20. The number of rotatable bonds is 1. The Kier molecular flexibility index (Phi) is 3.65. The predicted molar refractivity (Wildman–Crippen MR) is 93.0 cm³/mol. The van der Waals surface area contributed by atoms with E-state index in [2.05, 4.69) is 24.9 Å². The summed E-state index contributed by atoms with van der Waals surface area (Å²) in [6.07, 6.45) is 0.912. The summed E-state index contributed by atoms with van der Waals surface area (Å²) < 4.78 is 14.2. The molecule has 2 aromatic rings. The quantitative estimate of drug-likeness (QED) is 0.800. The van der Waals surface area contributed by atoms with Gasteiger partial charge in [-0.3, -0.25) is 4.79 Å². The molecule has 3 nitrogen and oxygen atoms in total. The van der Waals surface area contributed by atoms with Crippen molar-refractivity contribution in [2.75, 3.05) is 25.0 Å². The molecular weight excluding hydrogens is 303 g/mol. The largest absolute Gasteiger partial charge is 0.306 e. The minimum absolute atomic E-state index is 0.116. The van der Waals surface area contributed by atoms with Crippen LogP contribution in [0.4, 0.5) is 10.1 Å². The van der Waals surface area contributed by atoms with Crippen LogP contribution in [0.15, 0.2) is 42.5 Å². The van der Waals surface area contributed by atoms with Crippen LogP contribution in [0, 0.1) is 12.7 Å². The first-order valence-electron chi connectivity index (χ1n) is 8.43. The van der Waals surface area contributed by atoms with Gasteiger partial charge >= 0.3 is 0 Å². The molecule has 0 aromatic heterocycles. The maximum atomic E-state index is 14.2. The summed E-state index contributed by atoms with van der Waals surface area (Å²) in [5, 5.41) is 0. The molecule has 124 valence electrons. The van der Waals surface area contributed by atoms with Gasteiger partial charge in [0.2, 0.25) is 0 Å². The SMILES string of the molecule is Cc1ccc2c(c1)C1CN(C)CCC1N2C(=O)c1ccccc1F. The van der Waals surface area contributed by atoms with E-state index in [1.54, 1.807) is 18.2 Å². The fourth-order valence-corrected chi connectivity index (χ4v) is 4.11. The van der Waals surface area contributed by atoms with Crippen molar-refractivity contribution in [1.29, 1.82) is 0 Å². The molecule has 2 heterocycles. The lowest BCUT2D eigenvalue weighted by molar-refractivity contribution is 0.0961. The van der Waals surface area contributed by atoms with Gasteiger partial charge in [0.15, 0.2) is 0 Å². The van der Waals surface area contributed by atoms with Crippen LogP contribution < -0.4 is 4.90 Å². The average Bonchev–Trinajstić information content (AvgIpc) is 2.88. The Morgan fingerprint density at radius 2 is 2.00 bits per heavy atom. The molecule has 24 heavy (non-hydrogen) atoms. The van der Waals surface area contributed by atoms with Gasteiger partial charge in [0.1, 0.15) is 5.82 Å². The molecule has 0 aliphatic carbocycles. The minimum Gasteiger partial charge on any atom is -0.306 e. The maximum absolute atomic E-state index is 14.2. The summed E-state index contributed by atoms with van der Waals surface area (Å²) in [4.78, 5) is 17.3. The maximum Gasteiger partial charge on any atom is 0.261 e. The van der Waals surface area contributed by atoms with Crippen LogP contribution in [0.3, 0.4) is 0 Å². The van der Waals surface area contributed by atoms with Gasteiger partial charge in [-0.05, 0) is 50.7 Å². The fraction of sp³-hybridized carbons (Fsp3) is 0.350. The molecule has 2 atom stereocenters. The smallest absolute Gasteiger partial charge is 0.261 e. The molecule has 0 saturated carbocycles. The van der Waals surface area contributed by atoms with E-state index >= 15 is 0 Å². The van der Waals surface area contributed by atoms with Crippen molar-refractivity contribution < 1.29 is 9.18 Å². The normalized spacial score (nSPS) is 23.0. The highest BCUT2D eigenvalue weighted by Gasteiger charge is 2.44. The second-order valence-corrected chi connectivity index (χ2v) is 6.94. The minimum atomic E-state index is -0.451. The van der Waals surface area contributed by atoms with E-state index < -0.39 is 5.82 Å². The molecule has 0 radical (unpaired) electrons. The van der Waals surface area contributed by atoms with Crippen molar-refractivity contribution in [3.63, 3.8) is 0 Å². The number of benzene rings is 2. The Balaban J connectivity index is 1.81. The van der Waals surface area contributed by atoms with E-state index in [1.807, 2.05) is 17.0 Å². The summed E-state index contributed by atoms with van der Waals surface area (Å²) in [6.45, 7) is 3.96. The first kappa shape index (κ1) is 15.3. The lowest BCUT2D eigenvalue weighted by Gasteiger charge is -2.36. The van der Waals surface area contributed by atoms with E-state index in [4.69, 9.17) is 0 Å². The van der Waals surface area contributed by atoms with Crippen LogP contribution in [0.5, 0.6) is 0 Å². The molecule has 4 heteroatoms. The zero-order valence-electron chi connectivity index (χ0n) is 14.0. The van der Waals surface area contributed by atoms with Gasteiger partial charge in [0.05, 0.1) is 5.56 Å². The first-order chi connectivity index (χ1) is 11.6. The molecule has 1 fully saturated rings. The Morgan fingerprint density at radius 3 is 2.79 bits per heavy atom. The second kappa shape index (κ2) is 5.71. The van der Waals surface area contributed by atoms with Crippen LogP contribution in [-0.2, 0) is 0 Å². The number of likely N-dealkylation sites (tertiary alicyclic amines) is 1. The topological polar surface area (TPSA) is 23.6 Å². The van der Waals surface area contributed by atoms with E-state index in [1.165, 1.54) is 17.2 Å². The third kappa shape index (κ3) is 2.33. The van der Waals surface area contributed by atoms with E-state index in [0.29, 0.717) is 5.92 Å². The number of fused-ring (bicyclic) bond motifs is 3. The Bertz CT molecular complexity index is 804. The summed E-state index contributed by atoms with van der Waals surface area (Å²) >= 11 is 0. The van der Waals surface area contributed by atoms with Crippen molar-refractivity contribution in [2.24, 2.45) is 0 Å². The van der Waals surface area contributed by atoms with E-state index in [9.17, 15) is 9.18 Å². The van der Waals surface area contributed by atoms with Gasteiger partial charge in [0.25, 0.3) is 5.91 Å². The number of nitrogens with zero attached hydrogens (tertiary/aromatic N) is 2. The van der Waals surface area contributed by atoms with Gasteiger partial charge in [-0.25, -0.2) is 4.39 Å². The summed E-state index contributed by atoms with van der Waals surface area (Å²) in [5.74, 6) is -0.378. The van der Waals surface area contributed by atoms with Gasteiger partial charge in [-0.2, -0.15) is 0 Å². The van der Waals surface area contributed by atoms with Crippen molar-refractivity contribution in [1.82, 2.24) is 4.90 Å². The van der Waals surface area contributed by atoms with Crippen molar-refractivity contribution in [3.8, 4) is 0 Å². The summed E-state index contributed by atoms with van der Waals surface area (Å²) in [5.41, 5.74) is 3.51. The highest BCUT2D eigenvalue weighted by molar-refractivity contribution is 6.08. The average molecular weight is 324 g/mol. The standard InChI is InChI=1S/C20H21FN2O/c1-13-7-8-18-15(11-13)16-12-22(2)10-9-19(16)23(18)20(24)14-5-3-4-6-17(14)21/h3-8,11,16,19H,9-10,12H2,1-2H3. The predicted octanol–water partition coefficient (Wildman–Crippen LogP) is 3.58. The molecule has 2 aliphatic rings. The zero-order valence-corrected chi connectivity index (χ0v) is 14.0. The number of likely N-dealkylation sites (N-methyl/N-ethyl adjacent to an activating group) is 1. The molecule has 1 amide bonds. The lowest BCUT2D eigenvalue weighted by atomic mass is 9.88. The van der Waals surface area contributed by atoms with E-state index in [-0.39, 0.29) is 17.5 Å². The summed E-state index contributed by atoms with van der Waals surface area (Å²) in [7, 11) is 2.12. The molecule has 0 bridgehead atoms. The molecule has 0 spiro atoms. The first-order valence-corrected chi connectivity index (χ1v) is 8.43. The Labute approximate surface area is 141 Å². The third-order valence-electron chi connectivity index (χ3n) is 5.28.